The number of hydrogen-bond acceptors (Lipinski definition) is 3. The molecule has 2 fully saturated rings. The third kappa shape index (κ3) is 4.41. The van der Waals surface area contributed by atoms with Crippen molar-refractivity contribution >= 4 is 18.3 Å². The molecule has 0 aromatic rings. The van der Waals surface area contributed by atoms with Gasteiger partial charge in [0.05, 0.1) is 6.54 Å². The highest BCUT2D eigenvalue weighted by Crippen LogP contribution is 2.19. The van der Waals surface area contributed by atoms with E-state index in [1.54, 1.807) is 0 Å². The summed E-state index contributed by atoms with van der Waals surface area (Å²) in [6.45, 7) is 6.14. The third-order valence-corrected chi connectivity index (χ3v) is 3.93. The Balaban J connectivity index is 0.00000162. The summed E-state index contributed by atoms with van der Waals surface area (Å²) in [4.78, 5) is 16.3. The van der Waals surface area contributed by atoms with Crippen molar-refractivity contribution in [2.75, 3.05) is 46.3 Å². The summed E-state index contributed by atoms with van der Waals surface area (Å²) in [5, 5.41) is 2.94. The molecule has 4 nitrogen and oxygen atoms in total. The fraction of sp³-hybridized carbons (Fsp3) is 0.923. The topological polar surface area (TPSA) is 35.6 Å². The first-order chi connectivity index (χ1) is 8.29. The zero-order chi connectivity index (χ0) is 12.1. The minimum atomic E-state index is 0. The summed E-state index contributed by atoms with van der Waals surface area (Å²) in [5.41, 5.74) is 0. The lowest BCUT2D eigenvalue weighted by atomic mass is 10.1. The third-order valence-electron chi connectivity index (χ3n) is 3.93. The first-order valence-electron chi connectivity index (χ1n) is 6.94. The normalized spacial score (nSPS) is 24.9. The molecule has 1 amide bonds. The van der Waals surface area contributed by atoms with Crippen molar-refractivity contribution in [3.63, 3.8) is 0 Å². The second-order valence-corrected chi connectivity index (χ2v) is 5.39. The van der Waals surface area contributed by atoms with E-state index in [9.17, 15) is 4.79 Å². The van der Waals surface area contributed by atoms with Crippen molar-refractivity contribution in [3.05, 3.63) is 0 Å². The lowest BCUT2D eigenvalue weighted by Gasteiger charge is -2.29. The van der Waals surface area contributed by atoms with E-state index < -0.39 is 0 Å². The van der Waals surface area contributed by atoms with Crippen LogP contribution < -0.4 is 5.32 Å². The van der Waals surface area contributed by atoms with E-state index in [0.29, 0.717) is 12.5 Å². The maximum atomic E-state index is 11.7. The van der Waals surface area contributed by atoms with Gasteiger partial charge in [-0.15, -0.1) is 12.4 Å². The molecule has 0 aromatic carbocycles. The molecule has 1 N–H and O–H groups in total. The average molecular weight is 276 g/mol. The van der Waals surface area contributed by atoms with Gasteiger partial charge in [-0.1, -0.05) is 6.42 Å². The summed E-state index contributed by atoms with van der Waals surface area (Å²) in [7, 11) is 1.83. The van der Waals surface area contributed by atoms with E-state index in [0.717, 1.165) is 13.1 Å². The van der Waals surface area contributed by atoms with Gasteiger partial charge in [-0.25, -0.2) is 0 Å². The lowest BCUT2D eigenvalue weighted by molar-refractivity contribution is -0.129. The summed E-state index contributed by atoms with van der Waals surface area (Å²) in [6.07, 6.45) is 5.30. The zero-order valence-electron chi connectivity index (χ0n) is 11.4. The number of piperidine rings is 1. The van der Waals surface area contributed by atoms with Crippen LogP contribution in [0.2, 0.25) is 0 Å². The van der Waals surface area contributed by atoms with E-state index in [1.807, 2.05) is 11.9 Å². The van der Waals surface area contributed by atoms with Gasteiger partial charge in [0, 0.05) is 19.6 Å². The predicted octanol–water partition coefficient (Wildman–Crippen LogP) is 0.962. The fourth-order valence-electron chi connectivity index (χ4n) is 2.98. The first-order valence-corrected chi connectivity index (χ1v) is 6.94. The van der Waals surface area contributed by atoms with Crippen molar-refractivity contribution in [3.8, 4) is 0 Å². The van der Waals surface area contributed by atoms with Gasteiger partial charge in [-0.05, 0) is 45.3 Å². The number of carbonyl (C=O) groups is 1. The van der Waals surface area contributed by atoms with Crippen molar-refractivity contribution in [1.29, 1.82) is 0 Å². The molecule has 0 aliphatic carbocycles. The van der Waals surface area contributed by atoms with E-state index in [-0.39, 0.29) is 18.3 Å². The van der Waals surface area contributed by atoms with Crippen LogP contribution in [-0.2, 0) is 4.79 Å². The molecule has 0 saturated carbocycles. The highest BCUT2D eigenvalue weighted by atomic mass is 35.5. The Morgan fingerprint density at radius 1 is 1.22 bits per heavy atom. The average Bonchev–Trinajstić information content (AvgIpc) is 2.79. The Morgan fingerprint density at radius 3 is 2.61 bits per heavy atom. The van der Waals surface area contributed by atoms with Gasteiger partial charge in [0.15, 0.2) is 0 Å². The number of rotatable bonds is 4. The Bertz CT molecular complexity index is 257. The van der Waals surface area contributed by atoms with E-state index >= 15 is 0 Å². The number of halogens is 1. The smallest absolute Gasteiger partial charge is 0.236 e. The predicted molar refractivity (Wildman–Crippen MR) is 76.2 cm³/mol. The van der Waals surface area contributed by atoms with Crippen molar-refractivity contribution < 1.29 is 4.79 Å². The molecule has 2 heterocycles. The van der Waals surface area contributed by atoms with Gasteiger partial charge in [0.2, 0.25) is 5.91 Å². The summed E-state index contributed by atoms with van der Waals surface area (Å²) >= 11 is 0. The zero-order valence-corrected chi connectivity index (χ0v) is 12.2. The molecule has 18 heavy (non-hydrogen) atoms. The van der Waals surface area contributed by atoms with Crippen LogP contribution in [0.15, 0.2) is 0 Å². The van der Waals surface area contributed by atoms with E-state index in [2.05, 4.69) is 10.2 Å². The number of likely N-dealkylation sites (tertiary alicyclic amines) is 2. The Morgan fingerprint density at radius 2 is 1.94 bits per heavy atom. The SMILES string of the molecule is CNCC(=O)N1CCC(CN2CCCCC2)C1.Cl. The minimum Gasteiger partial charge on any atom is -0.341 e. The molecule has 0 spiro atoms. The molecule has 106 valence electrons. The fourth-order valence-corrected chi connectivity index (χ4v) is 2.98. The summed E-state index contributed by atoms with van der Waals surface area (Å²) < 4.78 is 0. The number of nitrogens with one attached hydrogen (secondary N) is 1. The van der Waals surface area contributed by atoms with Crippen LogP contribution in [0.4, 0.5) is 0 Å². The van der Waals surface area contributed by atoms with Gasteiger partial charge < -0.3 is 15.1 Å². The van der Waals surface area contributed by atoms with Gasteiger partial charge in [0.25, 0.3) is 0 Å². The van der Waals surface area contributed by atoms with Crippen molar-refractivity contribution in [1.82, 2.24) is 15.1 Å². The molecule has 1 unspecified atom stereocenters. The molecule has 0 aromatic heterocycles. The molecule has 2 saturated heterocycles. The molecule has 2 rings (SSSR count). The van der Waals surface area contributed by atoms with Crippen LogP contribution in [-0.4, -0.2) is 62.0 Å². The van der Waals surface area contributed by atoms with E-state index in [1.165, 1.54) is 45.3 Å². The van der Waals surface area contributed by atoms with Crippen LogP contribution in [0.5, 0.6) is 0 Å². The van der Waals surface area contributed by atoms with Crippen molar-refractivity contribution in [2.24, 2.45) is 5.92 Å². The molecule has 0 bridgehead atoms. The quantitative estimate of drug-likeness (QED) is 0.830. The highest BCUT2D eigenvalue weighted by Gasteiger charge is 2.27. The molecular formula is C13H26ClN3O. The van der Waals surface area contributed by atoms with Gasteiger partial charge in [-0.3, -0.25) is 4.79 Å². The molecular weight excluding hydrogens is 250 g/mol. The second kappa shape index (κ2) is 7.97. The largest absolute Gasteiger partial charge is 0.341 e. The van der Waals surface area contributed by atoms with Gasteiger partial charge in [0.1, 0.15) is 0 Å². The monoisotopic (exact) mass is 275 g/mol. The van der Waals surface area contributed by atoms with Crippen LogP contribution in [0.1, 0.15) is 25.7 Å². The van der Waals surface area contributed by atoms with Gasteiger partial charge in [-0.2, -0.15) is 0 Å². The second-order valence-electron chi connectivity index (χ2n) is 5.39. The number of hydrogen-bond donors (Lipinski definition) is 1. The van der Waals surface area contributed by atoms with Crippen LogP contribution in [0.25, 0.3) is 0 Å². The lowest BCUT2D eigenvalue weighted by Crippen LogP contribution is -2.38. The molecule has 5 heteroatoms. The molecule has 2 aliphatic rings. The first kappa shape index (κ1) is 15.7. The number of nitrogens with zero attached hydrogens (tertiary/aromatic N) is 2. The summed E-state index contributed by atoms with van der Waals surface area (Å²) in [5.74, 6) is 0.961. The maximum absolute atomic E-state index is 11.7. The number of likely N-dealkylation sites (N-methyl/N-ethyl adjacent to an activating group) is 1. The number of carbonyl (C=O) groups excluding carboxylic acids is 1. The van der Waals surface area contributed by atoms with Crippen LogP contribution in [0.3, 0.4) is 0 Å². The minimum absolute atomic E-state index is 0. The summed E-state index contributed by atoms with van der Waals surface area (Å²) in [6, 6.07) is 0. The standard InChI is InChI=1S/C13H25N3O.ClH/c1-14-9-13(17)16-8-5-12(11-16)10-15-6-3-2-4-7-15;/h12,14H,2-11H2,1H3;1H. The molecule has 2 aliphatic heterocycles. The maximum Gasteiger partial charge on any atom is 0.236 e. The number of amides is 1. The van der Waals surface area contributed by atoms with Gasteiger partial charge >= 0.3 is 0 Å². The Kier molecular flexibility index (Phi) is 6.97. The van der Waals surface area contributed by atoms with E-state index in [4.69, 9.17) is 0 Å². The van der Waals surface area contributed by atoms with Crippen LogP contribution in [0, 0.1) is 5.92 Å². The molecule has 1 atom stereocenters. The van der Waals surface area contributed by atoms with Crippen LogP contribution >= 0.6 is 12.4 Å². The molecule has 0 radical (unpaired) electrons. The Labute approximate surface area is 116 Å². The Hall–Kier alpha value is -0.320. The highest BCUT2D eigenvalue weighted by molar-refractivity contribution is 5.85. The van der Waals surface area contributed by atoms with Crippen molar-refractivity contribution in [2.45, 2.75) is 25.7 Å².